The van der Waals surface area contributed by atoms with Crippen molar-refractivity contribution >= 4 is 5.78 Å². The first-order chi connectivity index (χ1) is 15.7. The normalized spacial score (nSPS) is 26.4. The first-order valence-electron chi connectivity index (χ1n) is 11.6. The van der Waals surface area contributed by atoms with Gasteiger partial charge in [0.2, 0.25) is 0 Å². The molecule has 6 heteroatoms. The second-order valence-corrected chi connectivity index (χ2v) is 10.1. The van der Waals surface area contributed by atoms with E-state index in [1.807, 2.05) is 24.4 Å². The number of nitrogens with one attached hydrogen (secondary N) is 1. The Kier molecular flexibility index (Phi) is 5.09. The van der Waals surface area contributed by atoms with Gasteiger partial charge in [-0.15, -0.1) is 0 Å². The minimum Gasteiger partial charge on any atom is -0.387 e. The number of rotatable bonds is 4. The molecule has 0 saturated carbocycles. The highest BCUT2D eigenvalue weighted by atomic mass is 16.3. The maximum absolute atomic E-state index is 13.6. The van der Waals surface area contributed by atoms with Gasteiger partial charge in [0, 0.05) is 29.5 Å². The van der Waals surface area contributed by atoms with Crippen LogP contribution >= 0.6 is 0 Å². The minimum absolute atomic E-state index is 0.0877. The molecule has 0 bridgehead atoms. The van der Waals surface area contributed by atoms with Crippen molar-refractivity contribution in [3.05, 3.63) is 76.9 Å². The first kappa shape index (κ1) is 21.7. The predicted molar refractivity (Wildman–Crippen MR) is 127 cm³/mol. The van der Waals surface area contributed by atoms with Crippen molar-refractivity contribution in [3.63, 3.8) is 0 Å². The van der Waals surface area contributed by atoms with Crippen molar-refractivity contribution in [1.82, 2.24) is 10.3 Å². The van der Waals surface area contributed by atoms with Crippen LogP contribution < -0.4 is 5.32 Å². The molecule has 170 valence electrons. The summed E-state index contributed by atoms with van der Waals surface area (Å²) in [7, 11) is 0. The molecule has 3 unspecified atom stereocenters. The van der Waals surface area contributed by atoms with Gasteiger partial charge in [-0.25, -0.2) is 0 Å². The van der Waals surface area contributed by atoms with E-state index in [2.05, 4.69) is 59.5 Å². The summed E-state index contributed by atoms with van der Waals surface area (Å²) in [5.74, 6) is 0.201. The van der Waals surface area contributed by atoms with Gasteiger partial charge in [0.15, 0.2) is 11.9 Å². The van der Waals surface area contributed by atoms with E-state index in [0.717, 1.165) is 46.4 Å². The summed E-state index contributed by atoms with van der Waals surface area (Å²) in [4.78, 5) is 17.9. The van der Waals surface area contributed by atoms with Crippen molar-refractivity contribution < 1.29 is 9.90 Å². The zero-order valence-corrected chi connectivity index (χ0v) is 19.6. The number of fused-ring (bicyclic) bond motifs is 1. The smallest absolute Gasteiger partial charge is 0.164 e. The molecule has 1 aromatic heterocycles. The lowest BCUT2D eigenvalue weighted by atomic mass is 9.58. The third-order valence-electron chi connectivity index (χ3n) is 7.21. The van der Waals surface area contributed by atoms with Gasteiger partial charge < -0.3 is 10.4 Å². The second-order valence-electron chi connectivity index (χ2n) is 10.1. The molecule has 1 aliphatic carbocycles. The molecular weight excluding hydrogens is 412 g/mol. The summed E-state index contributed by atoms with van der Waals surface area (Å²) in [6.45, 7) is 8.15. The Balaban J connectivity index is 1.70. The number of hydrogen-bond acceptors (Lipinski definition) is 6. The molecular formula is C27H30N4O2. The Hall–Kier alpha value is -3.12. The number of Topliss-reactive ketones (excluding diaryl/α,β-unsaturated/α-hetero) is 1. The number of pyridine rings is 1. The number of carbonyl (C=O) groups is 1. The molecule has 1 aromatic carbocycles. The molecule has 2 N–H and O–H groups in total. The third-order valence-corrected chi connectivity index (χ3v) is 7.21. The van der Waals surface area contributed by atoms with Crippen LogP contribution in [0.2, 0.25) is 0 Å². The molecule has 5 rings (SSSR count). The van der Waals surface area contributed by atoms with Crippen molar-refractivity contribution in [2.24, 2.45) is 15.6 Å². The molecule has 0 radical (unpaired) electrons. The van der Waals surface area contributed by atoms with Gasteiger partial charge in [0.25, 0.3) is 0 Å². The largest absolute Gasteiger partial charge is 0.387 e. The van der Waals surface area contributed by atoms with E-state index in [1.165, 1.54) is 0 Å². The molecule has 2 aromatic rings. The summed E-state index contributed by atoms with van der Waals surface area (Å²) in [6, 6.07) is 12.3. The van der Waals surface area contributed by atoms with E-state index in [4.69, 9.17) is 0 Å². The maximum atomic E-state index is 13.6. The number of hydrogen-bond donors (Lipinski definition) is 2. The average molecular weight is 443 g/mol. The van der Waals surface area contributed by atoms with Crippen LogP contribution in [0.4, 0.5) is 0 Å². The Morgan fingerprint density at radius 1 is 1.18 bits per heavy atom. The summed E-state index contributed by atoms with van der Waals surface area (Å²) < 4.78 is 0. The van der Waals surface area contributed by atoms with E-state index in [9.17, 15) is 9.90 Å². The average Bonchev–Trinajstić information content (AvgIpc) is 3.25. The van der Waals surface area contributed by atoms with E-state index in [1.54, 1.807) is 13.1 Å². The summed E-state index contributed by atoms with van der Waals surface area (Å²) in [5.41, 5.74) is 5.97. The van der Waals surface area contributed by atoms with Crippen LogP contribution in [0.3, 0.4) is 0 Å². The number of carbonyl (C=O) groups excluding carboxylic acids is 1. The number of aliphatic hydroxyl groups excluding tert-OH is 1. The van der Waals surface area contributed by atoms with Gasteiger partial charge in [0.05, 0.1) is 23.4 Å². The van der Waals surface area contributed by atoms with Crippen molar-refractivity contribution in [2.75, 3.05) is 0 Å². The third kappa shape index (κ3) is 3.44. The first-order valence-corrected chi connectivity index (χ1v) is 11.6. The molecule has 33 heavy (non-hydrogen) atoms. The lowest BCUT2D eigenvalue weighted by Gasteiger charge is -2.47. The van der Waals surface area contributed by atoms with Gasteiger partial charge in [-0.05, 0) is 60.1 Å². The van der Waals surface area contributed by atoms with Gasteiger partial charge in [0.1, 0.15) is 0 Å². The van der Waals surface area contributed by atoms with E-state index >= 15 is 0 Å². The fourth-order valence-electron chi connectivity index (χ4n) is 5.71. The number of aromatic nitrogens is 1. The summed E-state index contributed by atoms with van der Waals surface area (Å²) in [5, 5.41) is 22.2. The Morgan fingerprint density at radius 2 is 1.97 bits per heavy atom. The van der Waals surface area contributed by atoms with Crippen LogP contribution in [0.25, 0.3) is 11.1 Å². The highest BCUT2D eigenvalue weighted by Crippen LogP contribution is 2.54. The Morgan fingerprint density at radius 3 is 2.73 bits per heavy atom. The molecule has 2 aliphatic heterocycles. The lowest BCUT2D eigenvalue weighted by Crippen LogP contribution is -2.51. The predicted octanol–water partition coefficient (Wildman–Crippen LogP) is 5.37. The van der Waals surface area contributed by atoms with E-state index in [0.29, 0.717) is 12.1 Å². The van der Waals surface area contributed by atoms with Crippen molar-refractivity contribution in [2.45, 2.75) is 64.6 Å². The SMILES string of the molecule is CCC1(c2cccc(-c3ccnc(C(C)O)c3)c2)C2=CN=NC2NC2=C1C(=O)CC(C)(C)C2. The van der Waals surface area contributed by atoms with Crippen LogP contribution in [-0.4, -0.2) is 22.0 Å². The van der Waals surface area contributed by atoms with Crippen LogP contribution in [0.5, 0.6) is 0 Å². The van der Waals surface area contributed by atoms with E-state index in [-0.39, 0.29) is 17.4 Å². The highest BCUT2D eigenvalue weighted by molar-refractivity contribution is 6.01. The Bertz CT molecular complexity index is 1220. The molecule has 0 saturated heterocycles. The topological polar surface area (TPSA) is 86.9 Å². The number of allylic oxidation sites excluding steroid dienone is 2. The zero-order valence-electron chi connectivity index (χ0n) is 19.6. The molecule has 3 heterocycles. The Labute approximate surface area is 194 Å². The van der Waals surface area contributed by atoms with E-state index < -0.39 is 11.5 Å². The molecule has 0 fully saturated rings. The van der Waals surface area contributed by atoms with Crippen LogP contribution in [-0.2, 0) is 10.2 Å². The molecule has 3 aliphatic rings. The lowest BCUT2D eigenvalue weighted by molar-refractivity contribution is -0.119. The summed E-state index contributed by atoms with van der Waals surface area (Å²) in [6.07, 6.45) is 4.78. The van der Waals surface area contributed by atoms with Gasteiger partial charge in [-0.3, -0.25) is 9.78 Å². The van der Waals surface area contributed by atoms with Crippen LogP contribution in [0.15, 0.2) is 75.9 Å². The molecule has 0 amide bonds. The number of azo groups is 1. The molecule has 0 spiro atoms. The zero-order chi connectivity index (χ0) is 23.4. The van der Waals surface area contributed by atoms with Crippen molar-refractivity contribution in [1.29, 1.82) is 0 Å². The molecule has 3 atom stereocenters. The van der Waals surface area contributed by atoms with Crippen molar-refractivity contribution in [3.8, 4) is 11.1 Å². The molecule has 6 nitrogen and oxygen atoms in total. The second kappa shape index (κ2) is 7.73. The van der Waals surface area contributed by atoms with Gasteiger partial charge in [-0.2, -0.15) is 10.2 Å². The minimum atomic E-state index is -0.636. The number of ketones is 1. The number of nitrogens with zero attached hydrogens (tertiary/aromatic N) is 3. The standard InChI is InChI=1S/C27H30N4O2/c1-5-27(19-8-6-7-17(11-19)18-9-10-28-21(12-18)16(2)32)20-15-29-31-25(20)30-22-13-26(3,4)14-23(33)24(22)27/h6-12,15-16,25,30,32H,5,13-14H2,1-4H3. The van der Waals surface area contributed by atoms with Gasteiger partial charge >= 0.3 is 0 Å². The number of benzene rings is 1. The quantitative estimate of drug-likeness (QED) is 0.666. The highest BCUT2D eigenvalue weighted by Gasteiger charge is 2.52. The van der Waals surface area contributed by atoms with Crippen LogP contribution in [0.1, 0.15) is 64.3 Å². The maximum Gasteiger partial charge on any atom is 0.164 e. The fourth-order valence-corrected chi connectivity index (χ4v) is 5.71. The summed E-state index contributed by atoms with van der Waals surface area (Å²) >= 11 is 0. The monoisotopic (exact) mass is 442 g/mol. The number of aliphatic hydroxyl groups is 1. The fraction of sp³-hybridized carbons (Fsp3) is 0.407. The van der Waals surface area contributed by atoms with Crippen LogP contribution in [0, 0.1) is 5.41 Å². The van der Waals surface area contributed by atoms with Gasteiger partial charge in [-0.1, -0.05) is 39.0 Å².